The zero-order valence-corrected chi connectivity index (χ0v) is 5.46. The Morgan fingerprint density at radius 2 is 2.10 bits per heavy atom. The van der Waals surface area contributed by atoms with E-state index < -0.39 is 0 Å². The largest absolute Gasteiger partial charge is 0.460 e. The highest BCUT2D eigenvalue weighted by Crippen LogP contribution is 2.11. The fraction of sp³-hybridized carbons (Fsp3) is 0.143. The molecule has 0 aliphatic carbocycles. The van der Waals surface area contributed by atoms with Crippen molar-refractivity contribution in [3.05, 3.63) is 23.2 Å². The van der Waals surface area contributed by atoms with Gasteiger partial charge in [-0.25, -0.2) is 0 Å². The maximum atomic E-state index is 10.2. The van der Waals surface area contributed by atoms with Crippen molar-refractivity contribution in [1.82, 2.24) is 0 Å². The van der Waals surface area contributed by atoms with Crippen molar-refractivity contribution in [3.63, 3.8) is 0 Å². The molecule has 1 rings (SSSR count). The van der Waals surface area contributed by atoms with Gasteiger partial charge in [0.25, 0.3) is 0 Å². The third kappa shape index (κ3) is 0.857. The smallest absolute Gasteiger partial charge is 0.186 e. The summed E-state index contributed by atoms with van der Waals surface area (Å²) in [5, 5.41) is 0. The third-order valence-electron chi connectivity index (χ3n) is 1.28. The van der Waals surface area contributed by atoms with Gasteiger partial charge in [0.1, 0.15) is 0 Å². The van der Waals surface area contributed by atoms with Crippen molar-refractivity contribution < 1.29 is 14.0 Å². The Labute approximate surface area is 57.6 Å². The van der Waals surface area contributed by atoms with E-state index in [1.807, 2.05) is 0 Å². The van der Waals surface area contributed by atoms with E-state index in [1.165, 1.54) is 6.26 Å². The third-order valence-corrected chi connectivity index (χ3v) is 1.28. The van der Waals surface area contributed by atoms with Gasteiger partial charge >= 0.3 is 0 Å². The SMILES string of the molecule is Cc1coc(C=O)c1C=O. The Morgan fingerprint density at radius 1 is 1.40 bits per heavy atom. The number of hydrogen-bond donors (Lipinski definition) is 0. The van der Waals surface area contributed by atoms with E-state index >= 15 is 0 Å². The summed E-state index contributed by atoms with van der Waals surface area (Å²) in [6.07, 6.45) is 2.52. The minimum absolute atomic E-state index is 0.104. The van der Waals surface area contributed by atoms with E-state index in [4.69, 9.17) is 4.42 Å². The summed E-state index contributed by atoms with van der Waals surface area (Å²) in [5.41, 5.74) is 1.03. The van der Waals surface area contributed by atoms with E-state index in [0.29, 0.717) is 23.7 Å². The van der Waals surface area contributed by atoms with Crippen LogP contribution in [0.15, 0.2) is 10.7 Å². The van der Waals surface area contributed by atoms with Gasteiger partial charge in [0.2, 0.25) is 0 Å². The van der Waals surface area contributed by atoms with Crippen molar-refractivity contribution >= 4 is 12.6 Å². The normalized spacial score (nSPS) is 9.30. The molecule has 10 heavy (non-hydrogen) atoms. The summed E-state index contributed by atoms with van der Waals surface area (Å²) in [4.78, 5) is 20.4. The standard InChI is InChI=1S/C7H6O3/c1-5-4-10-7(3-9)6(5)2-8/h2-4H,1H3. The highest BCUT2D eigenvalue weighted by Gasteiger charge is 2.07. The first-order chi connectivity index (χ1) is 4.79. The number of aryl methyl sites for hydroxylation is 1. The Balaban J connectivity index is 3.25. The van der Waals surface area contributed by atoms with Crippen LogP contribution in [0.2, 0.25) is 0 Å². The molecule has 0 radical (unpaired) electrons. The molecule has 0 saturated carbocycles. The molecule has 0 aliphatic rings. The van der Waals surface area contributed by atoms with Crippen molar-refractivity contribution in [2.45, 2.75) is 6.92 Å². The summed E-state index contributed by atoms with van der Waals surface area (Å²) in [5.74, 6) is 0.104. The van der Waals surface area contributed by atoms with Crippen LogP contribution in [0.4, 0.5) is 0 Å². The van der Waals surface area contributed by atoms with Crippen LogP contribution >= 0.6 is 0 Å². The Kier molecular flexibility index (Phi) is 1.67. The van der Waals surface area contributed by atoms with Gasteiger partial charge in [-0.1, -0.05) is 0 Å². The number of hydrogen-bond acceptors (Lipinski definition) is 3. The first kappa shape index (κ1) is 6.74. The van der Waals surface area contributed by atoms with Crippen LogP contribution in [0.1, 0.15) is 26.5 Å². The quantitative estimate of drug-likeness (QED) is 0.577. The van der Waals surface area contributed by atoms with Gasteiger partial charge in [0.05, 0.1) is 11.8 Å². The number of furan rings is 1. The van der Waals surface area contributed by atoms with Crippen molar-refractivity contribution in [3.8, 4) is 0 Å². The molecule has 0 aliphatic heterocycles. The first-order valence-corrected chi connectivity index (χ1v) is 2.78. The van der Waals surface area contributed by atoms with E-state index in [-0.39, 0.29) is 5.76 Å². The summed E-state index contributed by atoms with van der Waals surface area (Å²) >= 11 is 0. The lowest BCUT2D eigenvalue weighted by Crippen LogP contribution is -1.85. The van der Waals surface area contributed by atoms with Crippen molar-refractivity contribution in [2.24, 2.45) is 0 Å². The molecule has 1 aromatic heterocycles. The second-order valence-electron chi connectivity index (χ2n) is 1.93. The zero-order valence-electron chi connectivity index (χ0n) is 5.46. The molecule has 0 fully saturated rings. The zero-order chi connectivity index (χ0) is 7.56. The molecule has 0 aromatic carbocycles. The average molecular weight is 138 g/mol. The molecule has 0 bridgehead atoms. The molecule has 1 heterocycles. The fourth-order valence-corrected chi connectivity index (χ4v) is 0.715. The fourth-order valence-electron chi connectivity index (χ4n) is 0.715. The van der Waals surface area contributed by atoms with Gasteiger partial charge < -0.3 is 4.42 Å². The molecule has 0 amide bonds. The monoisotopic (exact) mass is 138 g/mol. The molecule has 3 nitrogen and oxygen atoms in total. The maximum absolute atomic E-state index is 10.2. The highest BCUT2D eigenvalue weighted by molar-refractivity contribution is 5.89. The van der Waals surface area contributed by atoms with E-state index in [2.05, 4.69) is 0 Å². The lowest BCUT2D eigenvalue weighted by molar-refractivity contribution is 0.107. The van der Waals surface area contributed by atoms with E-state index in [0.717, 1.165) is 0 Å². The van der Waals surface area contributed by atoms with Crippen molar-refractivity contribution in [2.75, 3.05) is 0 Å². The molecule has 0 atom stereocenters. The second kappa shape index (κ2) is 2.47. The highest BCUT2D eigenvalue weighted by atomic mass is 16.3. The molecule has 0 unspecified atom stereocenters. The summed E-state index contributed by atoms with van der Waals surface area (Å²) < 4.78 is 4.74. The topological polar surface area (TPSA) is 47.3 Å². The molecule has 52 valence electrons. The van der Waals surface area contributed by atoms with Crippen LogP contribution in [0.25, 0.3) is 0 Å². The first-order valence-electron chi connectivity index (χ1n) is 2.78. The summed E-state index contributed by atoms with van der Waals surface area (Å²) in [6, 6.07) is 0. The van der Waals surface area contributed by atoms with Gasteiger partial charge in [0, 0.05) is 0 Å². The predicted octanol–water partition coefficient (Wildman–Crippen LogP) is 1.21. The summed E-state index contributed by atoms with van der Waals surface area (Å²) in [6.45, 7) is 1.71. The molecule has 1 aromatic rings. The number of aldehydes is 2. The van der Waals surface area contributed by atoms with Gasteiger partial charge in [-0.3, -0.25) is 9.59 Å². The average Bonchev–Trinajstić information content (AvgIpc) is 2.30. The van der Waals surface area contributed by atoms with Crippen LogP contribution in [0.3, 0.4) is 0 Å². The molecular weight excluding hydrogens is 132 g/mol. The number of carbonyl (C=O) groups is 2. The molecule has 0 N–H and O–H groups in total. The Bertz CT molecular complexity index is 260. The minimum Gasteiger partial charge on any atom is -0.460 e. The van der Waals surface area contributed by atoms with Crippen LogP contribution in [0, 0.1) is 6.92 Å². The van der Waals surface area contributed by atoms with Gasteiger partial charge in [-0.2, -0.15) is 0 Å². The van der Waals surface area contributed by atoms with Crippen LogP contribution in [-0.4, -0.2) is 12.6 Å². The molecule has 0 spiro atoms. The Morgan fingerprint density at radius 3 is 2.50 bits per heavy atom. The lowest BCUT2D eigenvalue weighted by atomic mass is 10.2. The van der Waals surface area contributed by atoms with Crippen molar-refractivity contribution in [1.29, 1.82) is 0 Å². The van der Waals surface area contributed by atoms with Gasteiger partial charge in [-0.05, 0) is 12.5 Å². The predicted molar refractivity (Wildman–Crippen MR) is 34.2 cm³/mol. The molecule has 0 saturated heterocycles. The molecular formula is C7H6O3. The number of carbonyl (C=O) groups excluding carboxylic acids is 2. The van der Waals surface area contributed by atoms with Crippen LogP contribution < -0.4 is 0 Å². The maximum Gasteiger partial charge on any atom is 0.186 e. The van der Waals surface area contributed by atoms with E-state index in [1.54, 1.807) is 6.92 Å². The lowest BCUT2D eigenvalue weighted by Gasteiger charge is -1.82. The van der Waals surface area contributed by atoms with Gasteiger partial charge in [0.15, 0.2) is 18.3 Å². The van der Waals surface area contributed by atoms with E-state index in [9.17, 15) is 9.59 Å². The summed E-state index contributed by atoms with van der Waals surface area (Å²) in [7, 11) is 0. The minimum atomic E-state index is 0.104. The molecule has 3 heteroatoms. The Hall–Kier alpha value is -1.38. The van der Waals surface area contributed by atoms with Crippen LogP contribution in [-0.2, 0) is 0 Å². The van der Waals surface area contributed by atoms with Crippen LogP contribution in [0.5, 0.6) is 0 Å². The number of rotatable bonds is 2. The van der Waals surface area contributed by atoms with Gasteiger partial charge in [-0.15, -0.1) is 0 Å². The second-order valence-corrected chi connectivity index (χ2v) is 1.93.